The predicted molar refractivity (Wildman–Crippen MR) is 77.4 cm³/mol. The molecular weight excluding hydrogens is 306 g/mol. The number of fused-ring (bicyclic) bond motifs is 7. The summed E-state index contributed by atoms with van der Waals surface area (Å²) in [6, 6.07) is 4.39. The van der Waals surface area contributed by atoms with Gasteiger partial charge in [0.15, 0.2) is 0 Å². The number of H-pyrrole nitrogens is 1. The number of benzene rings is 1. The van der Waals surface area contributed by atoms with Crippen molar-refractivity contribution < 1.29 is 18.3 Å². The van der Waals surface area contributed by atoms with E-state index in [0.717, 1.165) is 5.56 Å². The molecule has 1 aliphatic carbocycles. The summed E-state index contributed by atoms with van der Waals surface area (Å²) in [5.74, 6) is -0.126. The number of carbonyl (C=O) groups excluding carboxylic acids is 1. The summed E-state index contributed by atoms with van der Waals surface area (Å²) in [6.45, 7) is -2.96. The minimum Gasteiger partial charge on any atom is -0.434 e. The van der Waals surface area contributed by atoms with Crippen molar-refractivity contribution in [2.24, 2.45) is 0 Å². The first kappa shape index (κ1) is 14.0. The van der Waals surface area contributed by atoms with E-state index in [-0.39, 0.29) is 23.6 Å². The lowest BCUT2D eigenvalue weighted by Gasteiger charge is -2.23. The lowest BCUT2D eigenvalue weighted by atomic mass is 9.89. The van der Waals surface area contributed by atoms with Gasteiger partial charge in [-0.2, -0.15) is 13.9 Å². The fraction of sp³-hybridized carbons (Fsp3) is 0.333. The lowest BCUT2D eigenvalue weighted by Crippen LogP contribution is -2.30. The topological polar surface area (TPSA) is 84.2 Å². The Balaban J connectivity index is 1.98. The van der Waals surface area contributed by atoms with Crippen LogP contribution in [-0.4, -0.2) is 34.7 Å². The van der Waals surface area contributed by atoms with Crippen LogP contribution in [0.15, 0.2) is 18.2 Å². The largest absolute Gasteiger partial charge is 0.434 e. The van der Waals surface area contributed by atoms with Crippen LogP contribution in [0.1, 0.15) is 45.6 Å². The quantitative estimate of drug-likeness (QED) is 0.889. The number of anilines is 1. The highest BCUT2D eigenvalue weighted by Gasteiger charge is 2.45. The average Bonchev–Trinajstić information content (AvgIpc) is 3.03. The van der Waals surface area contributed by atoms with Crippen molar-refractivity contribution in [2.45, 2.75) is 25.0 Å². The Morgan fingerprint density at radius 2 is 2.22 bits per heavy atom. The maximum Gasteiger partial charge on any atom is 0.387 e. The molecule has 0 radical (unpaired) electrons. The Bertz CT molecular complexity index is 805. The molecule has 0 saturated carbocycles. The van der Waals surface area contributed by atoms with E-state index in [4.69, 9.17) is 5.73 Å². The van der Waals surface area contributed by atoms with E-state index in [9.17, 15) is 13.6 Å². The normalized spacial score (nSPS) is 22.1. The van der Waals surface area contributed by atoms with E-state index in [1.165, 1.54) is 6.07 Å². The van der Waals surface area contributed by atoms with Crippen molar-refractivity contribution in [3.05, 3.63) is 40.6 Å². The van der Waals surface area contributed by atoms with E-state index < -0.39 is 6.61 Å². The minimum absolute atomic E-state index is 0.0124. The first-order valence-corrected chi connectivity index (χ1v) is 7.17. The molecule has 0 spiro atoms. The van der Waals surface area contributed by atoms with Gasteiger partial charge < -0.3 is 15.4 Å². The van der Waals surface area contributed by atoms with Gasteiger partial charge in [0.25, 0.3) is 5.91 Å². The molecule has 1 amide bonds. The fourth-order valence-corrected chi connectivity index (χ4v) is 3.68. The molecule has 2 atom stereocenters. The van der Waals surface area contributed by atoms with Crippen molar-refractivity contribution in [1.29, 1.82) is 0 Å². The van der Waals surface area contributed by atoms with Crippen LogP contribution in [0.2, 0.25) is 0 Å². The van der Waals surface area contributed by atoms with Gasteiger partial charge in [-0.05, 0) is 18.6 Å². The zero-order valence-electron chi connectivity index (χ0n) is 12.2. The van der Waals surface area contributed by atoms with E-state index in [2.05, 4.69) is 14.9 Å². The van der Waals surface area contributed by atoms with Crippen LogP contribution in [0.25, 0.3) is 0 Å². The molecule has 1 aliphatic heterocycles. The van der Waals surface area contributed by atoms with Crippen LogP contribution < -0.4 is 10.5 Å². The third-order valence-electron chi connectivity index (χ3n) is 4.63. The summed E-state index contributed by atoms with van der Waals surface area (Å²) in [7, 11) is 1.68. The van der Waals surface area contributed by atoms with Crippen LogP contribution in [0, 0.1) is 0 Å². The molecule has 23 heavy (non-hydrogen) atoms. The van der Waals surface area contributed by atoms with Crippen LogP contribution in [-0.2, 0) is 0 Å². The second-order valence-corrected chi connectivity index (χ2v) is 5.75. The average molecular weight is 320 g/mol. The Labute approximate surface area is 130 Å². The van der Waals surface area contributed by atoms with Crippen LogP contribution in [0.3, 0.4) is 0 Å². The standard InChI is InChI=1S/C15H14F2N4O2/c1-21-8-5-7(11-12(8)19-20-13(11)18)10-6(14(21)22)3-2-4-9(10)23-15(16)17/h2-4,7-8,15H,5H2,1H3,(H3,18,19,20)/t7-,8-/m1/s1. The SMILES string of the molecule is CN1C(=O)c2cccc(OC(F)F)c2[C@H]2C[C@@H]1c1n[nH]c(N)c12. The number of carbonyl (C=O) groups is 1. The Kier molecular flexibility index (Phi) is 2.84. The van der Waals surface area contributed by atoms with Gasteiger partial charge in [0.05, 0.1) is 11.7 Å². The number of nitrogens with zero attached hydrogens (tertiary/aromatic N) is 2. The van der Waals surface area contributed by atoms with Gasteiger partial charge in [-0.25, -0.2) is 0 Å². The number of nitrogens with one attached hydrogen (secondary N) is 1. The van der Waals surface area contributed by atoms with E-state index in [0.29, 0.717) is 29.1 Å². The van der Waals surface area contributed by atoms with E-state index in [1.807, 2.05) is 0 Å². The van der Waals surface area contributed by atoms with Crippen molar-refractivity contribution in [2.75, 3.05) is 12.8 Å². The minimum atomic E-state index is -2.96. The van der Waals surface area contributed by atoms with Crippen molar-refractivity contribution in [3.63, 3.8) is 0 Å². The predicted octanol–water partition coefficient (Wildman–Crippen LogP) is 2.26. The number of nitrogens with two attached hydrogens (primary N) is 1. The summed E-state index contributed by atoms with van der Waals surface area (Å²) in [6.07, 6.45) is 0.551. The van der Waals surface area contributed by atoms with Crippen molar-refractivity contribution in [1.82, 2.24) is 15.1 Å². The molecule has 0 fully saturated rings. The summed E-state index contributed by atoms with van der Waals surface area (Å²) in [5, 5.41) is 6.92. The van der Waals surface area contributed by atoms with E-state index >= 15 is 0 Å². The molecule has 8 heteroatoms. The molecule has 2 heterocycles. The zero-order valence-corrected chi connectivity index (χ0v) is 12.2. The molecule has 2 bridgehead atoms. The van der Waals surface area contributed by atoms with Gasteiger partial charge in [0.2, 0.25) is 0 Å². The third kappa shape index (κ3) is 1.84. The Morgan fingerprint density at radius 3 is 2.96 bits per heavy atom. The number of alkyl halides is 2. The van der Waals surface area contributed by atoms with Gasteiger partial charge in [-0.15, -0.1) is 0 Å². The molecule has 6 nitrogen and oxygen atoms in total. The number of amides is 1. The van der Waals surface area contributed by atoms with Gasteiger partial charge in [-0.1, -0.05) is 6.07 Å². The number of aromatic amines is 1. The Hall–Kier alpha value is -2.64. The number of halogens is 2. The smallest absolute Gasteiger partial charge is 0.387 e. The van der Waals surface area contributed by atoms with Crippen molar-refractivity contribution >= 4 is 11.7 Å². The summed E-state index contributed by atoms with van der Waals surface area (Å²) in [5.41, 5.74) is 8.26. The molecule has 1 aromatic carbocycles. The molecule has 2 aromatic rings. The molecule has 4 rings (SSSR count). The van der Waals surface area contributed by atoms with Crippen molar-refractivity contribution in [3.8, 4) is 5.75 Å². The first-order chi connectivity index (χ1) is 11.0. The molecule has 120 valence electrons. The van der Waals surface area contributed by atoms with Crippen LogP contribution >= 0.6 is 0 Å². The van der Waals surface area contributed by atoms with Gasteiger partial charge in [-0.3, -0.25) is 9.89 Å². The summed E-state index contributed by atoms with van der Waals surface area (Å²) < 4.78 is 30.2. The summed E-state index contributed by atoms with van der Waals surface area (Å²) >= 11 is 0. The number of rotatable bonds is 2. The maximum atomic E-state index is 12.8. The highest BCUT2D eigenvalue weighted by atomic mass is 19.3. The van der Waals surface area contributed by atoms with Gasteiger partial charge in [0, 0.05) is 29.7 Å². The first-order valence-electron chi connectivity index (χ1n) is 7.17. The highest BCUT2D eigenvalue weighted by Crippen LogP contribution is 2.53. The second kappa shape index (κ2) is 4.68. The number of nitrogen functional groups attached to an aromatic ring is 1. The molecule has 3 N–H and O–H groups in total. The van der Waals surface area contributed by atoms with Gasteiger partial charge in [0.1, 0.15) is 11.6 Å². The number of hydrogen-bond donors (Lipinski definition) is 2. The number of aromatic nitrogens is 2. The van der Waals surface area contributed by atoms with Crippen LogP contribution in [0.5, 0.6) is 5.75 Å². The van der Waals surface area contributed by atoms with Gasteiger partial charge >= 0.3 is 6.61 Å². The molecule has 1 aromatic heterocycles. The molecular formula is C15H14F2N4O2. The monoisotopic (exact) mass is 320 g/mol. The maximum absolute atomic E-state index is 12.8. The number of ether oxygens (including phenoxy) is 1. The zero-order chi connectivity index (χ0) is 16.3. The van der Waals surface area contributed by atoms with E-state index in [1.54, 1.807) is 24.1 Å². The third-order valence-corrected chi connectivity index (χ3v) is 4.63. The highest BCUT2D eigenvalue weighted by molar-refractivity contribution is 5.98. The van der Waals surface area contributed by atoms with Crippen LogP contribution in [0.4, 0.5) is 14.6 Å². The molecule has 0 unspecified atom stereocenters. The second-order valence-electron chi connectivity index (χ2n) is 5.75. The molecule has 2 aliphatic rings. The fourth-order valence-electron chi connectivity index (χ4n) is 3.68. The Morgan fingerprint density at radius 1 is 1.43 bits per heavy atom. The number of hydrogen-bond acceptors (Lipinski definition) is 4. The molecule has 0 saturated heterocycles. The summed E-state index contributed by atoms with van der Waals surface area (Å²) in [4.78, 5) is 14.3. The lowest BCUT2D eigenvalue weighted by molar-refractivity contribution is -0.0505.